The van der Waals surface area contributed by atoms with E-state index in [2.05, 4.69) is 0 Å². The second-order valence-electron chi connectivity index (χ2n) is 4.33. The van der Waals surface area contributed by atoms with Crippen LogP contribution in [0.2, 0.25) is 0 Å². The number of carbonyl (C=O) groups is 2. The predicted octanol–water partition coefficient (Wildman–Crippen LogP) is 1.41. The fraction of sp³-hybridized carbons (Fsp3) is 0.429. The summed E-state index contributed by atoms with van der Waals surface area (Å²) in [5.74, 6) is 0.105. The molecule has 1 fully saturated rings. The van der Waals surface area contributed by atoms with Gasteiger partial charge in [0.25, 0.3) is 0 Å². The van der Waals surface area contributed by atoms with Crippen molar-refractivity contribution in [3.63, 3.8) is 0 Å². The van der Waals surface area contributed by atoms with E-state index in [-0.39, 0.29) is 24.6 Å². The minimum atomic E-state index is -0.583. The van der Waals surface area contributed by atoms with Crippen molar-refractivity contribution in [2.45, 2.75) is 12.8 Å². The minimum Gasteiger partial charge on any atom is -0.497 e. The summed E-state index contributed by atoms with van der Waals surface area (Å²) in [4.78, 5) is 23.6. The number of rotatable bonds is 4. The Balaban J connectivity index is 1.99. The molecule has 0 bridgehead atoms. The van der Waals surface area contributed by atoms with Crippen molar-refractivity contribution in [1.29, 1.82) is 0 Å². The van der Waals surface area contributed by atoms with Crippen LogP contribution in [0.1, 0.15) is 12.0 Å². The molecule has 0 aromatic heterocycles. The van der Waals surface area contributed by atoms with Gasteiger partial charge in [-0.2, -0.15) is 0 Å². The molecule has 2 rings (SSSR count). The van der Waals surface area contributed by atoms with E-state index < -0.39 is 5.92 Å². The molecule has 1 aromatic carbocycles. The zero-order valence-electron chi connectivity index (χ0n) is 10.3. The molecular weight excluding hydrogens is 232 g/mol. The molecule has 4 heteroatoms. The van der Waals surface area contributed by atoms with Crippen molar-refractivity contribution in [1.82, 2.24) is 0 Å². The molecule has 1 saturated heterocycles. The van der Waals surface area contributed by atoms with Gasteiger partial charge in [-0.25, -0.2) is 0 Å². The quantitative estimate of drug-likeness (QED) is 0.756. The van der Waals surface area contributed by atoms with Crippen LogP contribution in [0.25, 0.3) is 0 Å². The number of benzene rings is 1. The van der Waals surface area contributed by atoms with E-state index in [0.717, 1.165) is 11.3 Å². The van der Waals surface area contributed by atoms with E-state index in [1.54, 1.807) is 7.11 Å². The molecule has 1 atom stereocenters. The van der Waals surface area contributed by atoms with Crippen molar-refractivity contribution in [2.24, 2.45) is 5.92 Å². The van der Waals surface area contributed by atoms with E-state index in [1.165, 1.54) is 0 Å². The predicted molar refractivity (Wildman–Crippen MR) is 65.6 cm³/mol. The number of ketones is 2. The van der Waals surface area contributed by atoms with Crippen LogP contribution in [0.15, 0.2) is 24.3 Å². The van der Waals surface area contributed by atoms with Crippen LogP contribution in [-0.4, -0.2) is 31.9 Å². The fourth-order valence-electron chi connectivity index (χ4n) is 1.98. The highest BCUT2D eigenvalue weighted by Gasteiger charge is 2.29. The van der Waals surface area contributed by atoms with E-state index in [9.17, 15) is 9.59 Å². The van der Waals surface area contributed by atoms with Crippen molar-refractivity contribution in [3.05, 3.63) is 29.8 Å². The van der Waals surface area contributed by atoms with Crippen LogP contribution in [-0.2, 0) is 20.7 Å². The Morgan fingerprint density at radius 3 is 2.72 bits per heavy atom. The van der Waals surface area contributed by atoms with Gasteiger partial charge in [0.1, 0.15) is 17.3 Å². The number of carbonyl (C=O) groups excluding carboxylic acids is 2. The lowest BCUT2D eigenvalue weighted by Crippen LogP contribution is -2.34. The van der Waals surface area contributed by atoms with E-state index >= 15 is 0 Å². The summed E-state index contributed by atoms with van der Waals surface area (Å²) in [7, 11) is 1.60. The van der Waals surface area contributed by atoms with Gasteiger partial charge in [-0.3, -0.25) is 9.59 Å². The molecule has 0 N–H and O–H groups in total. The molecule has 0 radical (unpaired) electrons. The zero-order valence-corrected chi connectivity index (χ0v) is 10.3. The van der Waals surface area contributed by atoms with Gasteiger partial charge in [-0.1, -0.05) is 12.1 Å². The summed E-state index contributed by atoms with van der Waals surface area (Å²) >= 11 is 0. The molecule has 96 valence electrons. The maximum Gasteiger partial charge on any atom is 0.150 e. The van der Waals surface area contributed by atoms with E-state index in [1.807, 2.05) is 24.3 Å². The van der Waals surface area contributed by atoms with Gasteiger partial charge >= 0.3 is 0 Å². The van der Waals surface area contributed by atoms with Gasteiger partial charge in [-0.15, -0.1) is 0 Å². The topological polar surface area (TPSA) is 52.6 Å². The number of ether oxygens (including phenoxy) is 2. The third-order valence-electron chi connectivity index (χ3n) is 3.09. The first-order chi connectivity index (χ1) is 8.70. The Bertz CT molecular complexity index is 436. The second kappa shape index (κ2) is 5.78. The number of Topliss-reactive ketones (excluding diaryl/α,β-unsaturated/α-hetero) is 2. The Labute approximate surface area is 106 Å². The lowest BCUT2D eigenvalue weighted by Gasteiger charge is -2.19. The van der Waals surface area contributed by atoms with Crippen LogP contribution in [0.5, 0.6) is 5.75 Å². The monoisotopic (exact) mass is 248 g/mol. The van der Waals surface area contributed by atoms with Crippen LogP contribution in [0.3, 0.4) is 0 Å². The zero-order chi connectivity index (χ0) is 13.0. The molecule has 1 heterocycles. The van der Waals surface area contributed by atoms with Gasteiger partial charge in [0.2, 0.25) is 0 Å². The average Bonchev–Trinajstić information content (AvgIpc) is 2.40. The molecule has 1 aliphatic rings. The van der Waals surface area contributed by atoms with Crippen molar-refractivity contribution in [3.8, 4) is 5.75 Å². The van der Waals surface area contributed by atoms with Gasteiger partial charge in [0.05, 0.1) is 26.2 Å². The maximum absolute atomic E-state index is 12.0. The van der Waals surface area contributed by atoms with Crippen LogP contribution >= 0.6 is 0 Å². The molecule has 1 unspecified atom stereocenters. The summed E-state index contributed by atoms with van der Waals surface area (Å²) in [5.41, 5.74) is 0.888. The summed E-state index contributed by atoms with van der Waals surface area (Å²) in [6.45, 7) is 0.666. The van der Waals surface area contributed by atoms with E-state index in [4.69, 9.17) is 9.47 Å². The van der Waals surface area contributed by atoms with Gasteiger partial charge in [0.15, 0.2) is 0 Å². The highest BCUT2D eigenvalue weighted by Crippen LogP contribution is 2.16. The highest BCUT2D eigenvalue weighted by molar-refractivity contribution is 6.03. The first-order valence-electron chi connectivity index (χ1n) is 5.97. The van der Waals surface area contributed by atoms with E-state index in [0.29, 0.717) is 13.0 Å². The third kappa shape index (κ3) is 2.96. The number of hydrogen-bond donors (Lipinski definition) is 0. The second-order valence-corrected chi connectivity index (χ2v) is 4.33. The van der Waals surface area contributed by atoms with Crippen LogP contribution < -0.4 is 4.74 Å². The van der Waals surface area contributed by atoms with Crippen molar-refractivity contribution in [2.75, 3.05) is 20.3 Å². The number of methoxy groups -OCH3 is 1. The van der Waals surface area contributed by atoms with Crippen molar-refractivity contribution < 1.29 is 19.1 Å². The molecule has 0 amide bonds. The van der Waals surface area contributed by atoms with Gasteiger partial charge in [0, 0.05) is 12.8 Å². The summed E-state index contributed by atoms with van der Waals surface area (Å²) < 4.78 is 10.2. The average molecular weight is 248 g/mol. The largest absolute Gasteiger partial charge is 0.497 e. The summed E-state index contributed by atoms with van der Waals surface area (Å²) in [5, 5.41) is 0. The maximum atomic E-state index is 12.0. The molecule has 1 aromatic rings. The molecular formula is C14H16O4. The van der Waals surface area contributed by atoms with Gasteiger partial charge in [-0.05, 0) is 17.7 Å². The summed E-state index contributed by atoms with van der Waals surface area (Å²) in [6.07, 6.45) is 0.614. The SMILES string of the molecule is COc1ccc(CC(=O)C2COCCC2=O)cc1. The first kappa shape index (κ1) is 12.8. The van der Waals surface area contributed by atoms with Crippen LogP contribution in [0, 0.1) is 5.92 Å². The Morgan fingerprint density at radius 1 is 1.39 bits per heavy atom. The lowest BCUT2D eigenvalue weighted by atomic mass is 9.92. The Morgan fingerprint density at radius 2 is 2.11 bits per heavy atom. The van der Waals surface area contributed by atoms with Crippen molar-refractivity contribution >= 4 is 11.6 Å². The first-order valence-corrected chi connectivity index (χ1v) is 5.97. The normalized spacial score (nSPS) is 19.6. The third-order valence-corrected chi connectivity index (χ3v) is 3.09. The molecule has 18 heavy (non-hydrogen) atoms. The standard InChI is InChI=1S/C14H16O4/c1-17-11-4-2-10(3-5-11)8-14(16)12-9-18-7-6-13(12)15/h2-5,12H,6-9H2,1H3. The molecule has 4 nitrogen and oxygen atoms in total. The Hall–Kier alpha value is -1.68. The lowest BCUT2D eigenvalue weighted by molar-refractivity contribution is -0.139. The minimum absolute atomic E-state index is 0.000221. The molecule has 1 aliphatic heterocycles. The highest BCUT2D eigenvalue weighted by atomic mass is 16.5. The molecule has 0 saturated carbocycles. The molecule has 0 spiro atoms. The Kier molecular flexibility index (Phi) is 4.10. The smallest absolute Gasteiger partial charge is 0.150 e. The van der Waals surface area contributed by atoms with Crippen LogP contribution in [0.4, 0.5) is 0 Å². The fourth-order valence-corrected chi connectivity index (χ4v) is 1.98. The van der Waals surface area contributed by atoms with Gasteiger partial charge < -0.3 is 9.47 Å². The molecule has 0 aliphatic carbocycles. The number of hydrogen-bond acceptors (Lipinski definition) is 4. The summed E-state index contributed by atoms with van der Waals surface area (Å²) in [6, 6.07) is 7.29.